The zero-order valence-electron chi connectivity index (χ0n) is 14.2. The average Bonchev–Trinajstić information content (AvgIpc) is 3.00. The molecule has 0 bridgehead atoms. The Hall–Kier alpha value is -1.69. The molecule has 1 aromatic carbocycles. The number of thiophene rings is 1. The molecule has 2 unspecified atom stereocenters. The van der Waals surface area contributed by atoms with Crippen molar-refractivity contribution in [3.8, 4) is 0 Å². The second-order valence-corrected chi connectivity index (χ2v) is 6.91. The molecule has 0 radical (unpaired) electrons. The van der Waals surface area contributed by atoms with E-state index in [4.69, 9.17) is 0 Å². The van der Waals surface area contributed by atoms with Crippen molar-refractivity contribution < 1.29 is 4.79 Å². The van der Waals surface area contributed by atoms with Gasteiger partial charge in [0.1, 0.15) is 0 Å². The molecule has 2 aromatic rings. The number of likely N-dealkylation sites (N-methyl/N-ethyl adjacent to an activating group) is 1. The monoisotopic (exact) mass is 331 g/mol. The van der Waals surface area contributed by atoms with E-state index in [1.54, 1.807) is 11.3 Å². The molecular formula is C18H25N3OS. The number of amides is 1. The second-order valence-electron chi connectivity index (χ2n) is 5.93. The smallest absolute Gasteiger partial charge is 0.221 e. The molecule has 23 heavy (non-hydrogen) atoms. The van der Waals surface area contributed by atoms with Crippen LogP contribution in [-0.2, 0) is 4.79 Å². The van der Waals surface area contributed by atoms with E-state index in [9.17, 15) is 4.79 Å². The van der Waals surface area contributed by atoms with E-state index in [2.05, 4.69) is 60.1 Å². The summed E-state index contributed by atoms with van der Waals surface area (Å²) in [5.41, 5.74) is 2.01. The van der Waals surface area contributed by atoms with Crippen LogP contribution < -0.4 is 10.6 Å². The van der Waals surface area contributed by atoms with Crippen molar-refractivity contribution in [3.63, 3.8) is 0 Å². The standard InChI is InChI=1S/C18H25N3OS/c1-13(15-7-5-8-16(11-15)20-14(2)22)19-12-17(21(3)4)18-9-6-10-23-18/h5-11,13,17,19H,12H2,1-4H3,(H,20,22). The molecule has 2 rings (SSSR count). The van der Waals surface area contributed by atoms with Crippen molar-refractivity contribution in [2.75, 3.05) is 26.0 Å². The Morgan fingerprint density at radius 2 is 2.04 bits per heavy atom. The summed E-state index contributed by atoms with van der Waals surface area (Å²) in [7, 11) is 4.21. The molecule has 0 spiro atoms. The highest BCUT2D eigenvalue weighted by Gasteiger charge is 2.16. The first kappa shape index (κ1) is 17.7. The number of nitrogens with zero attached hydrogens (tertiary/aromatic N) is 1. The predicted molar refractivity (Wildman–Crippen MR) is 97.9 cm³/mol. The minimum atomic E-state index is -0.0480. The van der Waals surface area contributed by atoms with Gasteiger partial charge in [0, 0.05) is 30.1 Å². The summed E-state index contributed by atoms with van der Waals surface area (Å²) in [6.45, 7) is 4.55. The molecule has 0 aliphatic rings. The topological polar surface area (TPSA) is 44.4 Å². The highest BCUT2D eigenvalue weighted by atomic mass is 32.1. The number of carbonyl (C=O) groups excluding carboxylic acids is 1. The first-order valence-electron chi connectivity index (χ1n) is 7.78. The van der Waals surface area contributed by atoms with E-state index < -0.39 is 0 Å². The van der Waals surface area contributed by atoms with Gasteiger partial charge in [-0.3, -0.25) is 4.79 Å². The van der Waals surface area contributed by atoms with Crippen LogP contribution in [0.15, 0.2) is 41.8 Å². The van der Waals surface area contributed by atoms with Gasteiger partial charge in [0.2, 0.25) is 5.91 Å². The number of nitrogens with one attached hydrogen (secondary N) is 2. The normalized spacial score (nSPS) is 13.8. The zero-order chi connectivity index (χ0) is 16.8. The minimum absolute atomic E-state index is 0.0480. The minimum Gasteiger partial charge on any atom is -0.326 e. The summed E-state index contributed by atoms with van der Waals surface area (Å²) in [6, 6.07) is 12.8. The van der Waals surface area contributed by atoms with Crippen molar-refractivity contribution in [3.05, 3.63) is 52.2 Å². The van der Waals surface area contributed by atoms with Crippen LogP contribution in [0.25, 0.3) is 0 Å². The third-order valence-corrected chi connectivity index (χ3v) is 4.79. The average molecular weight is 331 g/mol. The van der Waals surface area contributed by atoms with Crippen molar-refractivity contribution in [2.45, 2.75) is 25.9 Å². The van der Waals surface area contributed by atoms with E-state index in [0.29, 0.717) is 6.04 Å². The maximum Gasteiger partial charge on any atom is 0.221 e. The Morgan fingerprint density at radius 3 is 2.65 bits per heavy atom. The van der Waals surface area contributed by atoms with Gasteiger partial charge in [-0.15, -0.1) is 11.3 Å². The van der Waals surface area contributed by atoms with Gasteiger partial charge in [-0.2, -0.15) is 0 Å². The van der Waals surface area contributed by atoms with Crippen molar-refractivity contribution in [2.24, 2.45) is 0 Å². The molecule has 1 heterocycles. The fourth-order valence-corrected chi connectivity index (χ4v) is 3.44. The molecule has 0 saturated heterocycles. The van der Waals surface area contributed by atoms with Gasteiger partial charge in [-0.1, -0.05) is 18.2 Å². The number of hydrogen-bond donors (Lipinski definition) is 2. The van der Waals surface area contributed by atoms with Crippen LogP contribution in [0.2, 0.25) is 0 Å². The van der Waals surface area contributed by atoms with Crippen molar-refractivity contribution >= 4 is 22.9 Å². The lowest BCUT2D eigenvalue weighted by Crippen LogP contribution is -2.32. The largest absolute Gasteiger partial charge is 0.326 e. The Bertz CT molecular complexity index is 625. The highest BCUT2D eigenvalue weighted by molar-refractivity contribution is 7.10. The summed E-state index contributed by atoms with van der Waals surface area (Å²) in [5.74, 6) is -0.0480. The van der Waals surface area contributed by atoms with Crippen molar-refractivity contribution in [1.82, 2.24) is 10.2 Å². The van der Waals surface area contributed by atoms with Crippen molar-refractivity contribution in [1.29, 1.82) is 0 Å². The maximum absolute atomic E-state index is 11.2. The summed E-state index contributed by atoms with van der Waals surface area (Å²) >= 11 is 1.79. The van der Waals surface area contributed by atoms with Gasteiger partial charge in [0.15, 0.2) is 0 Å². The number of rotatable bonds is 7. The number of hydrogen-bond acceptors (Lipinski definition) is 4. The van der Waals surface area contributed by atoms with Gasteiger partial charge >= 0.3 is 0 Å². The van der Waals surface area contributed by atoms with Gasteiger partial charge in [-0.25, -0.2) is 0 Å². The lowest BCUT2D eigenvalue weighted by molar-refractivity contribution is -0.114. The highest BCUT2D eigenvalue weighted by Crippen LogP contribution is 2.24. The lowest BCUT2D eigenvalue weighted by atomic mass is 10.1. The first-order valence-corrected chi connectivity index (χ1v) is 8.66. The van der Waals surface area contributed by atoms with Crippen LogP contribution >= 0.6 is 11.3 Å². The Kier molecular flexibility index (Phi) is 6.33. The Balaban J connectivity index is 2.01. The van der Waals surface area contributed by atoms with Gasteiger partial charge in [0.25, 0.3) is 0 Å². The van der Waals surface area contributed by atoms with Crippen LogP contribution in [-0.4, -0.2) is 31.4 Å². The molecule has 0 aliphatic carbocycles. The molecule has 124 valence electrons. The summed E-state index contributed by atoms with van der Waals surface area (Å²) in [5, 5.41) is 8.55. The quantitative estimate of drug-likeness (QED) is 0.814. The summed E-state index contributed by atoms with van der Waals surface area (Å²) in [4.78, 5) is 14.8. The molecule has 0 saturated carbocycles. The molecule has 2 N–H and O–H groups in total. The molecule has 5 heteroatoms. The predicted octanol–water partition coefficient (Wildman–Crippen LogP) is 3.66. The van der Waals surface area contributed by atoms with Crippen LogP contribution in [0, 0.1) is 0 Å². The molecule has 1 aromatic heterocycles. The molecule has 0 aliphatic heterocycles. The van der Waals surface area contributed by atoms with Crippen LogP contribution in [0.3, 0.4) is 0 Å². The van der Waals surface area contributed by atoms with E-state index in [1.807, 2.05) is 18.2 Å². The van der Waals surface area contributed by atoms with Crippen LogP contribution in [0.5, 0.6) is 0 Å². The SMILES string of the molecule is CC(=O)Nc1cccc(C(C)NCC(c2cccs2)N(C)C)c1. The second kappa shape index (κ2) is 8.24. The molecule has 1 amide bonds. The molecule has 4 nitrogen and oxygen atoms in total. The van der Waals surface area contributed by atoms with Gasteiger partial charge in [-0.05, 0) is 50.2 Å². The molecule has 2 atom stereocenters. The maximum atomic E-state index is 11.2. The lowest BCUT2D eigenvalue weighted by Gasteiger charge is -2.26. The summed E-state index contributed by atoms with van der Waals surface area (Å²) < 4.78 is 0. The number of carbonyl (C=O) groups is 1. The van der Waals surface area contributed by atoms with Crippen LogP contribution in [0.1, 0.15) is 36.4 Å². The fraction of sp³-hybridized carbons (Fsp3) is 0.389. The fourth-order valence-electron chi connectivity index (χ4n) is 2.51. The van der Waals surface area contributed by atoms with E-state index in [1.165, 1.54) is 17.4 Å². The van der Waals surface area contributed by atoms with E-state index >= 15 is 0 Å². The van der Waals surface area contributed by atoms with Gasteiger partial charge in [0.05, 0.1) is 6.04 Å². The molecule has 0 fully saturated rings. The number of benzene rings is 1. The Morgan fingerprint density at radius 1 is 1.26 bits per heavy atom. The van der Waals surface area contributed by atoms with E-state index in [-0.39, 0.29) is 11.9 Å². The zero-order valence-corrected chi connectivity index (χ0v) is 15.0. The third-order valence-electron chi connectivity index (χ3n) is 3.82. The molecular weight excluding hydrogens is 306 g/mol. The number of anilines is 1. The third kappa shape index (κ3) is 5.16. The first-order chi connectivity index (χ1) is 11.0. The summed E-state index contributed by atoms with van der Waals surface area (Å²) in [6.07, 6.45) is 0. The Labute approximate surface area is 142 Å². The van der Waals surface area contributed by atoms with E-state index in [0.717, 1.165) is 12.2 Å². The van der Waals surface area contributed by atoms with Crippen LogP contribution in [0.4, 0.5) is 5.69 Å². The van der Waals surface area contributed by atoms with Gasteiger partial charge < -0.3 is 15.5 Å².